The van der Waals surface area contributed by atoms with Crippen LogP contribution >= 0.6 is 0 Å². The summed E-state index contributed by atoms with van der Waals surface area (Å²) in [6.45, 7) is 0.999. The first-order chi connectivity index (χ1) is 12.2. The minimum atomic E-state index is -0.402. The van der Waals surface area contributed by atoms with Crippen LogP contribution in [-0.2, 0) is 16.1 Å². The van der Waals surface area contributed by atoms with Gasteiger partial charge in [-0.05, 0) is 24.3 Å². The number of furan rings is 1. The molecular formula is C19H19N3O3. The summed E-state index contributed by atoms with van der Waals surface area (Å²) in [6.07, 6.45) is 1.99. The molecule has 0 saturated carbocycles. The van der Waals surface area contributed by atoms with E-state index in [2.05, 4.69) is 6.07 Å². The molecule has 1 saturated heterocycles. The summed E-state index contributed by atoms with van der Waals surface area (Å²) < 4.78 is 5.31. The Labute approximate surface area is 146 Å². The highest BCUT2D eigenvalue weighted by Crippen LogP contribution is 2.26. The highest BCUT2D eigenvalue weighted by Gasteiger charge is 2.37. The van der Waals surface area contributed by atoms with Crippen molar-refractivity contribution in [2.24, 2.45) is 5.92 Å². The Hall–Kier alpha value is -3.07. The van der Waals surface area contributed by atoms with Crippen LogP contribution in [0, 0.1) is 17.2 Å². The van der Waals surface area contributed by atoms with Crippen LogP contribution in [0.3, 0.4) is 0 Å². The Kier molecular flexibility index (Phi) is 5.14. The van der Waals surface area contributed by atoms with Gasteiger partial charge in [0.15, 0.2) is 0 Å². The van der Waals surface area contributed by atoms with Crippen LogP contribution in [0.2, 0.25) is 0 Å². The zero-order valence-corrected chi connectivity index (χ0v) is 13.8. The maximum Gasteiger partial charge on any atom is 0.228 e. The first-order valence-electron chi connectivity index (χ1n) is 8.22. The second kappa shape index (κ2) is 7.67. The lowest BCUT2D eigenvalue weighted by molar-refractivity contribution is -0.136. The van der Waals surface area contributed by atoms with Crippen molar-refractivity contribution >= 4 is 17.5 Å². The molecule has 1 atom stereocenters. The van der Waals surface area contributed by atoms with E-state index in [0.29, 0.717) is 25.4 Å². The average Bonchev–Trinajstić information content (AvgIpc) is 3.28. The number of hydrogen-bond acceptors (Lipinski definition) is 4. The molecule has 3 rings (SSSR count). The third-order valence-corrected chi connectivity index (χ3v) is 4.27. The maximum absolute atomic E-state index is 12.9. The summed E-state index contributed by atoms with van der Waals surface area (Å²) in [5, 5.41) is 8.85. The van der Waals surface area contributed by atoms with E-state index in [1.165, 1.54) is 0 Å². The van der Waals surface area contributed by atoms with E-state index in [9.17, 15) is 9.59 Å². The van der Waals surface area contributed by atoms with Gasteiger partial charge in [-0.3, -0.25) is 9.59 Å². The summed E-state index contributed by atoms with van der Waals surface area (Å²) in [5.74, 6) is 0.0955. The smallest absolute Gasteiger partial charge is 0.228 e. The first-order valence-corrected chi connectivity index (χ1v) is 8.22. The molecule has 1 aromatic heterocycles. The van der Waals surface area contributed by atoms with E-state index in [0.717, 1.165) is 5.69 Å². The van der Waals surface area contributed by atoms with Gasteiger partial charge < -0.3 is 14.2 Å². The molecule has 1 fully saturated rings. The number of benzene rings is 1. The Morgan fingerprint density at radius 3 is 2.76 bits per heavy atom. The molecule has 1 aliphatic heterocycles. The Morgan fingerprint density at radius 2 is 2.08 bits per heavy atom. The summed E-state index contributed by atoms with van der Waals surface area (Å²) in [7, 11) is 0. The van der Waals surface area contributed by atoms with Gasteiger partial charge >= 0.3 is 0 Å². The van der Waals surface area contributed by atoms with Crippen molar-refractivity contribution < 1.29 is 14.0 Å². The number of para-hydroxylation sites is 1. The zero-order chi connectivity index (χ0) is 17.6. The largest absolute Gasteiger partial charge is 0.467 e. The first kappa shape index (κ1) is 16.8. The topological polar surface area (TPSA) is 77.5 Å². The van der Waals surface area contributed by atoms with E-state index in [1.807, 2.05) is 30.3 Å². The molecule has 0 spiro atoms. The van der Waals surface area contributed by atoms with Gasteiger partial charge in [-0.15, -0.1) is 0 Å². The summed E-state index contributed by atoms with van der Waals surface area (Å²) in [6, 6.07) is 15.0. The van der Waals surface area contributed by atoms with Crippen molar-refractivity contribution in [2.45, 2.75) is 19.4 Å². The van der Waals surface area contributed by atoms with Gasteiger partial charge in [-0.25, -0.2) is 0 Å². The highest BCUT2D eigenvalue weighted by atomic mass is 16.3. The zero-order valence-electron chi connectivity index (χ0n) is 13.8. The molecule has 0 N–H and O–H groups in total. The van der Waals surface area contributed by atoms with Gasteiger partial charge in [0.05, 0.1) is 31.2 Å². The van der Waals surface area contributed by atoms with E-state index in [1.54, 1.807) is 28.2 Å². The minimum Gasteiger partial charge on any atom is -0.467 e. The fraction of sp³-hybridized carbons (Fsp3) is 0.316. The number of nitriles is 1. The van der Waals surface area contributed by atoms with Gasteiger partial charge in [-0.2, -0.15) is 5.26 Å². The molecule has 0 unspecified atom stereocenters. The summed E-state index contributed by atoms with van der Waals surface area (Å²) in [4.78, 5) is 28.5. The van der Waals surface area contributed by atoms with Gasteiger partial charge in [0.25, 0.3) is 0 Å². The molecule has 1 aliphatic rings. The third kappa shape index (κ3) is 3.89. The van der Waals surface area contributed by atoms with Crippen LogP contribution in [0.25, 0.3) is 0 Å². The minimum absolute atomic E-state index is 0.0530. The number of hydrogen-bond donors (Lipinski definition) is 0. The number of nitrogens with zero attached hydrogens (tertiary/aromatic N) is 3. The van der Waals surface area contributed by atoms with Gasteiger partial charge in [-0.1, -0.05) is 18.2 Å². The van der Waals surface area contributed by atoms with E-state index in [4.69, 9.17) is 9.68 Å². The van der Waals surface area contributed by atoms with Crippen molar-refractivity contribution in [3.63, 3.8) is 0 Å². The van der Waals surface area contributed by atoms with Crippen molar-refractivity contribution in [1.82, 2.24) is 4.90 Å². The molecule has 2 heterocycles. The van der Waals surface area contributed by atoms with E-state index < -0.39 is 5.92 Å². The molecule has 0 aliphatic carbocycles. The molecule has 2 aromatic rings. The number of amides is 2. The lowest BCUT2D eigenvalue weighted by Gasteiger charge is -2.24. The Morgan fingerprint density at radius 1 is 1.28 bits per heavy atom. The quantitative estimate of drug-likeness (QED) is 0.812. The molecular weight excluding hydrogens is 318 g/mol. The SMILES string of the molecule is N#CCCN(Cc1ccco1)C(=O)[C@@H]1CC(=O)N(c2ccccc2)C1. The van der Waals surface area contributed by atoms with Crippen molar-refractivity contribution in [2.75, 3.05) is 18.0 Å². The van der Waals surface area contributed by atoms with Crippen LogP contribution in [0.15, 0.2) is 53.1 Å². The number of carbonyl (C=O) groups is 2. The molecule has 6 heteroatoms. The Balaban J connectivity index is 1.71. The molecule has 0 bridgehead atoms. The second-order valence-electron chi connectivity index (χ2n) is 5.99. The predicted molar refractivity (Wildman–Crippen MR) is 91.3 cm³/mol. The molecule has 128 valence electrons. The van der Waals surface area contributed by atoms with Gasteiger partial charge in [0, 0.05) is 25.2 Å². The fourth-order valence-corrected chi connectivity index (χ4v) is 3.03. The summed E-state index contributed by atoms with van der Waals surface area (Å²) >= 11 is 0. The average molecular weight is 337 g/mol. The standard InChI is InChI=1S/C19H19N3O3/c20-9-5-10-21(14-17-8-4-11-25-17)19(24)15-12-18(23)22(13-15)16-6-2-1-3-7-16/h1-4,6-8,11,15H,5,10,12-14H2/t15-/m1/s1. The van der Waals surface area contributed by atoms with Crippen molar-refractivity contribution in [3.8, 4) is 6.07 Å². The Bertz CT molecular complexity index is 765. The molecule has 2 amide bonds. The number of anilines is 1. The van der Waals surface area contributed by atoms with Crippen molar-refractivity contribution in [3.05, 3.63) is 54.5 Å². The van der Waals surface area contributed by atoms with Crippen LogP contribution in [0.1, 0.15) is 18.6 Å². The highest BCUT2D eigenvalue weighted by molar-refractivity contribution is 6.00. The van der Waals surface area contributed by atoms with Crippen LogP contribution in [-0.4, -0.2) is 29.8 Å². The molecule has 6 nitrogen and oxygen atoms in total. The predicted octanol–water partition coefficient (Wildman–Crippen LogP) is 2.57. The number of rotatable bonds is 6. The fourth-order valence-electron chi connectivity index (χ4n) is 3.03. The van der Waals surface area contributed by atoms with E-state index in [-0.39, 0.29) is 24.7 Å². The van der Waals surface area contributed by atoms with Gasteiger partial charge in [0.2, 0.25) is 11.8 Å². The van der Waals surface area contributed by atoms with Crippen LogP contribution < -0.4 is 4.90 Å². The molecule has 0 radical (unpaired) electrons. The van der Waals surface area contributed by atoms with Crippen LogP contribution in [0.5, 0.6) is 0 Å². The van der Waals surface area contributed by atoms with Crippen LogP contribution in [0.4, 0.5) is 5.69 Å². The lowest BCUT2D eigenvalue weighted by atomic mass is 10.1. The second-order valence-corrected chi connectivity index (χ2v) is 5.99. The lowest BCUT2D eigenvalue weighted by Crippen LogP contribution is -2.37. The molecule has 1 aromatic carbocycles. The van der Waals surface area contributed by atoms with E-state index >= 15 is 0 Å². The third-order valence-electron chi connectivity index (χ3n) is 4.27. The molecule has 25 heavy (non-hydrogen) atoms. The van der Waals surface area contributed by atoms with Gasteiger partial charge in [0.1, 0.15) is 5.76 Å². The number of carbonyl (C=O) groups excluding carboxylic acids is 2. The normalized spacial score (nSPS) is 16.7. The van der Waals surface area contributed by atoms with Crippen molar-refractivity contribution in [1.29, 1.82) is 5.26 Å². The maximum atomic E-state index is 12.9. The monoisotopic (exact) mass is 337 g/mol. The summed E-state index contributed by atoms with van der Waals surface area (Å²) in [5.41, 5.74) is 0.803.